The zero-order valence-electron chi connectivity index (χ0n) is 10.4. The van der Waals surface area contributed by atoms with Crippen molar-refractivity contribution in [1.29, 1.82) is 0 Å². The monoisotopic (exact) mass is 274 g/mol. The van der Waals surface area contributed by atoms with E-state index in [0.29, 0.717) is 19.4 Å². The second-order valence-corrected chi connectivity index (χ2v) is 7.17. The van der Waals surface area contributed by atoms with E-state index in [0.717, 1.165) is 0 Å². The lowest BCUT2D eigenvalue weighted by Gasteiger charge is -2.15. The lowest BCUT2D eigenvalue weighted by molar-refractivity contribution is -0.138. The molecule has 2 rings (SSSR count). The van der Waals surface area contributed by atoms with E-state index in [1.54, 1.807) is 6.92 Å². The Bertz CT molecular complexity index is 460. The molecular formula is C11H18N2O4S. The van der Waals surface area contributed by atoms with Crippen molar-refractivity contribution < 1.29 is 18.0 Å². The highest BCUT2D eigenvalue weighted by molar-refractivity contribution is 7.92. The van der Waals surface area contributed by atoms with Crippen LogP contribution in [0.3, 0.4) is 0 Å². The molecule has 0 aromatic carbocycles. The molecule has 0 aliphatic carbocycles. The molecule has 2 heterocycles. The van der Waals surface area contributed by atoms with Gasteiger partial charge in [0.05, 0.1) is 23.5 Å². The lowest BCUT2D eigenvalue weighted by atomic mass is 10.2. The van der Waals surface area contributed by atoms with Crippen molar-refractivity contribution in [1.82, 2.24) is 10.2 Å². The van der Waals surface area contributed by atoms with Crippen LogP contribution in [0.2, 0.25) is 0 Å². The minimum absolute atomic E-state index is 0.138. The molecule has 18 heavy (non-hydrogen) atoms. The zero-order valence-corrected chi connectivity index (χ0v) is 11.2. The van der Waals surface area contributed by atoms with E-state index < -0.39 is 21.1 Å². The van der Waals surface area contributed by atoms with Gasteiger partial charge in [-0.2, -0.15) is 0 Å². The molecule has 2 unspecified atom stereocenters. The van der Waals surface area contributed by atoms with Crippen molar-refractivity contribution in [2.45, 2.75) is 37.5 Å². The van der Waals surface area contributed by atoms with Crippen LogP contribution in [0.1, 0.15) is 26.2 Å². The highest BCUT2D eigenvalue weighted by Gasteiger charge is 2.39. The minimum Gasteiger partial charge on any atom is -0.304 e. The Hall–Kier alpha value is -0.950. The number of likely N-dealkylation sites (N-methyl/N-ethyl adjacent to an activating group) is 1. The maximum absolute atomic E-state index is 11.8. The number of nitrogens with one attached hydrogen (secondary N) is 1. The van der Waals surface area contributed by atoms with Crippen molar-refractivity contribution in [2.24, 2.45) is 0 Å². The molecule has 2 aliphatic heterocycles. The van der Waals surface area contributed by atoms with E-state index in [-0.39, 0.29) is 30.5 Å². The van der Waals surface area contributed by atoms with Gasteiger partial charge in [0.15, 0.2) is 9.84 Å². The summed E-state index contributed by atoms with van der Waals surface area (Å²) in [5, 5.41) is 2.53. The molecule has 0 saturated carbocycles. The first kappa shape index (κ1) is 13.5. The molecule has 102 valence electrons. The van der Waals surface area contributed by atoms with Crippen molar-refractivity contribution in [3.05, 3.63) is 0 Å². The maximum Gasteiger partial charge on any atom is 0.246 e. The third kappa shape index (κ3) is 2.42. The van der Waals surface area contributed by atoms with Crippen molar-refractivity contribution in [2.75, 3.05) is 18.8 Å². The zero-order chi connectivity index (χ0) is 13.3. The van der Waals surface area contributed by atoms with Crippen LogP contribution in [0.25, 0.3) is 0 Å². The number of imide groups is 1. The minimum atomic E-state index is -3.00. The summed E-state index contributed by atoms with van der Waals surface area (Å²) in [4.78, 5) is 24.5. The molecule has 6 nitrogen and oxygen atoms in total. The number of hydrogen-bond donors (Lipinski definition) is 1. The van der Waals surface area contributed by atoms with Crippen molar-refractivity contribution in [3.8, 4) is 0 Å². The Kier molecular flexibility index (Phi) is 3.72. The number of hydrogen-bond acceptors (Lipinski definition) is 5. The van der Waals surface area contributed by atoms with Gasteiger partial charge in [-0.05, 0) is 19.8 Å². The number of sulfone groups is 1. The third-order valence-electron chi connectivity index (χ3n) is 3.61. The Labute approximate surface area is 107 Å². The fraction of sp³-hybridized carbons (Fsp3) is 0.818. The topological polar surface area (TPSA) is 83.6 Å². The summed E-state index contributed by atoms with van der Waals surface area (Å²) >= 11 is 0. The van der Waals surface area contributed by atoms with Crippen LogP contribution < -0.4 is 5.32 Å². The summed E-state index contributed by atoms with van der Waals surface area (Å²) in [5.74, 6) is -0.190. The Morgan fingerprint density at radius 2 is 2.11 bits per heavy atom. The third-order valence-corrected chi connectivity index (χ3v) is 5.89. The van der Waals surface area contributed by atoms with Gasteiger partial charge in [0, 0.05) is 13.1 Å². The average molecular weight is 274 g/mol. The Balaban J connectivity index is 1.92. The number of likely N-dealkylation sites (tertiary alicyclic amines) is 1. The van der Waals surface area contributed by atoms with E-state index in [9.17, 15) is 18.0 Å². The largest absolute Gasteiger partial charge is 0.304 e. The number of rotatable bonds is 4. The van der Waals surface area contributed by atoms with Crippen LogP contribution in [0.4, 0.5) is 0 Å². The second-order valence-electron chi connectivity index (χ2n) is 4.77. The van der Waals surface area contributed by atoms with Gasteiger partial charge in [-0.15, -0.1) is 0 Å². The fourth-order valence-electron chi connectivity index (χ4n) is 2.54. The number of carbonyl (C=O) groups excluding carboxylic acids is 2. The van der Waals surface area contributed by atoms with Crippen LogP contribution in [0, 0.1) is 0 Å². The summed E-state index contributed by atoms with van der Waals surface area (Å²) in [6.07, 6.45) is 1.47. The maximum atomic E-state index is 11.8. The van der Waals surface area contributed by atoms with Crippen LogP contribution in [-0.2, 0) is 19.4 Å². The van der Waals surface area contributed by atoms with Crippen molar-refractivity contribution >= 4 is 21.7 Å². The van der Waals surface area contributed by atoms with Gasteiger partial charge >= 0.3 is 0 Å². The Morgan fingerprint density at radius 3 is 2.61 bits per heavy atom. The number of carbonyl (C=O) groups is 2. The molecule has 0 aromatic heterocycles. The first-order chi connectivity index (χ1) is 8.45. The van der Waals surface area contributed by atoms with E-state index >= 15 is 0 Å². The first-order valence-corrected chi connectivity index (χ1v) is 7.96. The van der Waals surface area contributed by atoms with Gasteiger partial charge in [-0.25, -0.2) is 8.42 Å². The molecule has 7 heteroatoms. The number of nitrogens with zero attached hydrogens (tertiary/aromatic N) is 1. The summed E-state index contributed by atoms with van der Waals surface area (Å²) in [6.45, 7) is 2.39. The smallest absolute Gasteiger partial charge is 0.246 e. The second kappa shape index (κ2) is 4.97. The van der Waals surface area contributed by atoms with Gasteiger partial charge in [0.25, 0.3) is 0 Å². The van der Waals surface area contributed by atoms with Gasteiger partial charge in [-0.3, -0.25) is 14.5 Å². The predicted octanol–water partition coefficient (Wildman–Crippen LogP) is -0.699. The molecule has 2 amide bonds. The molecule has 2 aliphatic rings. The van der Waals surface area contributed by atoms with Gasteiger partial charge < -0.3 is 5.32 Å². The van der Waals surface area contributed by atoms with Crippen molar-refractivity contribution in [3.63, 3.8) is 0 Å². The van der Waals surface area contributed by atoms with Gasteiger partial charge in [0.1, 0.15) is 0 Å². The SMILES string of the molecule is CCN1C(=O)CC(NCC2CCCS2(=O)=O)C1=O. The van der Waals surface area contributed by atoms with E-state index in [1.807, 2.05) is 0 Å². The summed E-state index contributed by atoms with van der Waals surface area (Å²) in [6, 6.07) is -0.548. The van der Waals surface area contributed by atoms with Crippen LogP contribution in [-0.4, -0.2) is 55.3 Å². The van der Waals surface area contributed by atoms with Crippen LogP contribution in [0.5, 0.6) is 0 Å². The standard InChI is InChI=1S/C11H18N2O4S/c1-2-13-10(14)6-9(11(13)15)12-7-8-4-3-5-18(8,16)17/h8-9,12H,2-7H2,1H3. The van der Waals surface area contributed by atoms with E-state index in [2.05, 4.69) is 5.32 Å². The summed E-state index contributed by atoms with van der Waals surface area (Å²) in [7, 11) is -3.00. The quantitative estimate of drug-likeness (QED) is 0.685. The predicted molar refractivity (Wildman–Crippen MR) is 65.6 cm³/mol. The van der Waals surface area contributed by atoms with Gasteiger partial charge in [-0.1, -0.05) is 0 Å². The molecule has 0 radical (unpaired) electrons. The molecule has 1 N–H and O–H groups in total. The molecule has 2 atom stereocenters. The molecule has 2 fully saturated rings. The van der Waals surface area contributed by atoms with E-state index in [1.165, 1.54) is 4.90 Å². The summed E-state index contributed by atoms with van der Waals surface area (Å²) < 4.78 is 23.3. The van der Waals surface area contributed by atoms with E-state index in [4.69, 9.17) is 0 Å². The van der Waals surface area contributed by atoms with Gasteiger partial charge in [0.2, 0.25) is 11.8 Å². The first-order valence-electron chi connectivity index (χ1n) is 6.25. The highest BCUT2D eigenvalue weighted by atomic mass is 32.2. The lowest BCUT2D eigenvalue weighted by Crippen LogP contribution is -2.42. The molecular weight excluding hydrogens is 256 g/mol. The molecule has 2 saturated heterocycles. The Morgan fingerprint density at radius 1 is 1.39 bits per heavy atom. The van der Waals surface area contributed by atoms with Crippen LogP contribution >= 0.6 is 0 Å². The van der Waals surface area contributed by atoms with Crippen LogP contribution in [0.15, 0.2) is 0 Å². The highest BCUT2D eigenvalue weighted by Crippen LogP contribution is 2.20. The molecule has 0 aromatic rings. The molecule has 0 spiro atoms. The normalized spacial score (nSPS) is 31.3. The summed E-state index contributed by atoms with van der Waals surface area (Å²) in [5.41, 5.74) is 0. The molecule has 0 bridgehead atoms. The fourth-order valence-corrected chi connectivity index (χ4v) is 4.31. The number of amides is 2. The average Bonchev–Trinajstić information content (AvgIpc) is 2.76.